The van der Waals surface area contributed by atoms with E-state index in [1.165, 1.54) is 6.20 Å². The number of hydrogen-bond acceptors (Lipinski definition) is 0. The van der Waals surface area contributed by atoms with E-state index in [0.29, 0.717) is 0 Å². The van der Waals surface area contributed by atoms with E-state index in [4.69, 9.17) is 0 Å². The number of halogens is 1. The lowest BCUT2D eigenvalue weighted by atomic mass is 10.3. The van der Waals surface area contributed by atoms with Crippen LogP contribution in [0.4, 0.5) is 5.69 Å². The normalized spacial score (nSPS) is 9.30. The van der Waals surface area contributed by atoms with Crippen molar-refractivity contribution in [2.45, 2.75) is 0 Å². The van der Waals surface area contributed by atoms with Crippen molar-refractivity contribution in [1.82, 2.24) is 5.32 Å². The Bertz CT molecular complexity index is 232. The zero-order valence-electron chi connectivity index (χ0n) is 5.42. The molecule has 0 spiro atoms. The Hall–Kier alpha value is -0.600. The molecule has 0 amide bonds. The minimum absolute atomic E-state index is 0.921. The van der Waals surface area contributed by atoms with Gasteiger partial charge in [-0.05, 0) is 12.6 Å². The molecule has 0 atom stereocenters. The highest BCUT2D eigenvalue weighted by Crippen LogP contribution is 2.15. The van der Waals surface area contributed by atoms with E-state index in [1.807, 2.05) is 24.3 Å². The van der Waals surface area contributed by atoms with Gasteiger partial charge in [-0.25, -0.2) is 0 Å². The average molecular weight is 197 g/mol. The first-order chi connectivity index (χ1) is 4.83. The molecule has 0 aromatic heterocycles. The summed E-state index contributed by atoms with van der Waals surface area (Å²) in [6, 6.07) is 7.75. The number of benzene rings is 1. The van der Waals surface area contributed by atoms with Gasteiger partial charge in [0.2, 0.25) is 6.20 Å². The molecular formula is C8H7BrN+. The fourth-order valence-electron chi connectivity index (χ4n) is 0.662. The van der Waals surface area contributed by atoms with E-state index in [-0.39, 0.29) is 0 Å². The maximum absolute atomic E-state index is 4.00. The molecule has 0 aliphatic carbocycles. The maximum Gasteiger partial charge on any atom is 0.253 e. The molecule has 0 unspecified atom stereocenters. The SMILES string of the molecule is C=C[N+]c1cccc(Br)c1. The third-order valence-corrected chi connectivity index (χ3v) is 1.54. The molecule has 0 aliphatic rings. The Balaban J connectivity index is 2.84. The van der Waals surface area contributed by atoms with Crippen LogP contribution >= 0.6 is 15.9 Å². The van der Waals surface area contributed by atoms with Crippen molar-refractivity contribution in [2.75, 3.05) is 0 Å². The van der Waals surface area contributed by atoms with Crippen molar-refractivity contribution in [3.05, 3.63) is 41.5 Å². The minimum Gasteiger partial charge on any atom is -0.0548 e. The summed E-state index contributed by atoms with van der Waals surface area (Å²) in [5.41, 5.74) is 0.921. The second kappa shape index (κ2) is 3.54. The van der Waals surface area contributed by atoms with Gasteiger partial charge in [0.15, 0.2) is 0 Å². The molecule has 10 heavy (non-hydrogen) atoms. The molecule has 0 bridgehead atoms. The Morgan fingerprint density at radius 2 is 2.30 bits per heavy atom. The van der Waals surface area contributed by atoms with Crippen molar-refractivity contribution in [3.8, 4) is 0 Å². The fourth-order valence-corrected chi connectivity index (χ4v) is 1.05. The molecule has 50 valence electrons. The Kier molecular flexibility index (Phi) is 2.66. The zero-order valence-corrected chi connectivity index (χ0v) is 7.01. The highest BCUT2D eigenvalue weighted by Gasteiger charge is 2.02. The monoisotopic (exact) mass is 196 g/mol. The second-order valence-electron chi connectivity index (χ2n) is 1.79. The van der Waals surface area contributed by atoms with Gasteiger partial charge in [0, 0.05) is 16.6 Å². The molecule has 0 fully saturated rings. The van der Waals surface area contributed by atoms with Gasteiger partial charge < -0.3 is 0 Å². The summed E-state index contributed by atoms with van der Waals surface area (Å²) in [7, 11) is 0. The largest absolute Gasteiger partial charge is 0.253 e. The van der Waals surface area contributed by atoms with Crippen molar-refractivity contribution in [1.29, 1.82) is 0 Å². The fraction of sp³-hybridized carbons (Fsp3) is 0. The molecule has 0 aliphatic heterocycles. The quantitative estimate of drug-likeness (QED) is 0.692. The molecule has 1 aromatic rings. The molecule has 1 aromatic carbocycles. The second-order valence-corrected chi connectivity index (χ2v) is 2.71. The van der Waals surface area contributed by atoms with Crippen molar-refractivity contribution >= 4 is 21.6 Å². The first-order valence-corrected chi connectivity index (χ1v) is 3.69. The van der Waals surface area contributed by atoms with Crippen LogP contribution in [0.1, 0.15) is 0 Å². The average Bonchev–Trinajstić information content (AvgIpc) is 1.88. The van der Waals surface area contributed by atoms with E-state index in [0.717, 1.165) is 10.2 Å². The van der Waals surface area contributed by atoms with Crippen LogP contribution in [0.5, 0.6) is 0 Å². The van der Waals surface area contributed by atoms with E-state index in [9.17, 15) is 0 Å². The summed E-state index contributed by atoms with van der Waals surface area (Å²) in [5.74, 6) is 0. The third kappa shape index (κ3) is 1.97. The lowest BCUT2D eigenvalue weighted by Crippen LogP contribution is -1.82. The zero-order chi connectivity index (χ0) is 7.40. The summed E-state index contributed by atoms with van der Waals surface area (Å²) >= 11 is 3.34. The van der Waals surface area contributed by atoms with Crippen molar-refractivity contribution in [3.63, 3.8) is 0 Å². The van der Waals surface area contributed by atoms with Crippen molar-refractivity contribution in [2.24, 2.45) is 0 Å². The summed E-state index contributed by atoms with van der Waals surface area (Å²) in [5, 5.41) is 4.00. The maximum atomic E-state index is 4.00. The van der Waals surface area contributed by atoms with Gasteiger partial charge in [0.1, 0.15) is 5.32 Å². The Morgan fingerprint density at radius 1 is 1.50 bits per heavy atom. The van der Waals surface area contributed by atoms with Crippen LogP contribution < -0.4 is 5.32 Å². The minimum atomic E-state index is 0.921. The first-order valence-electron chi connectivity index (χ1n) is 2.90. The van der Waals surface area contributed by atoms with Gasteiger partial charge in [-0.3, -0.25) is 0 Å². The standard InChI is InChI=1S/C8H7BrN/c1-2-10-8-5-3-4-7(9)6-8/h2-6H,1H2/q+1. The molecular weight excluding hydrogens is 190 g/mol. The highest BCUT2D eigenvalue weighted by atomic mass is 79.9. The molecule has 2 heteroatoms. The summed E-state index contributed by atoms with van der Waals surface area (Å²) < 4.78 is 1.04. The van der Waals surface area contributed by atoms with Crippen LogP contribution in [-0.4, -0.2) is 0 Å². The van der Waals surface area contributed by atoms with Gasteiger partial charge in [0.25, 0.3) is 5.69 Å². The van der Waals surface area contributed by atoms with Gasteiger partial charge >= 0.3 is 0 Å². The van der Waals surface area contributed by atoms with Crippen LogP contribution in [0.25, 0.3) is 0 Å². The molecule has 0 N–H and O–H groups in total. The van der Waals surface area contributed by atoms with E-state index >= 15 is 0 Å². The number of hydrogen-bond donors (Lipinski definition) is 0. The number of nitrogens with zero attached hydrogens (tertiary/aromatic N) is 1. The van der Waals surface area contributed by atoms with E-state index < -0.39 is 0 Å². The smallest absolute Gasteiger partial charge is 0.0548 e. The summed E-state index contributed by atoms with van der Waals surface area (Å²) in [6.45, 7) is 3.50. The van der Waals surface area contributed by atoms with Gasteiger partial charge in [-0.2, -0.15) is 0 Å². The van der Waals surface area contributed by atoms with Crippen LogP contribution in [-0.2, 0) is 0 Å². The topological polar surface area (TPSA) is 14.1 Å². The lowest BCUT2D eigenvalue weighted by Gasteiger charge is -1.84. The van der Waals surface area contributed by atoms with Crippen LogP contribution in [0.2, 0.25) is 0 Å². The first kappa shape index (κ1) is 7.51. The predicted octanol–water partition coefficient (Wildman–Crippen LogP) is 2.83. The highest BCUT2D eigenvalue weighted by molar-refractivity contribution is 9.10. The van der Waals surface area contributed by atoms with Crippen molar-refractivity contribution < 1.29 is 0 Å². The number of rotatable bonds is 2. The molecule has 0 heterocycles. The van der Waals surface area contributed by atoms with Crippen LogP contribution in [0.15, 0.2) is 41.5 Å². The molecule has 1 rings (SSSR count). The Morgan fingerprint density at radius 3 is 2.90 bits per heavy atom. The molecule has 1 nitrogen and oxygen atoms in total. The summed E-state index contributed by atoms with van der Waals surface area (Å²) in [6.07, 6.45) is 1.53. The van der Waals surface area contributed by atoms with Gasteiger partial charge in [-0.1, -0.05) is 22.0 Å². The van der Waals surface area contributed by atoms with Crippen LogP contribution in [0.3, 0.4) is 0 Å². The van der Waals surface area contributed by atoms with Gasteiger partial charge in [-0.15, -0.1) is 0 Å². The molecule has 0 saturated carbocycles. The van der Waals surface area contributed by atoms with Crippen LogP contribution in [0, 0.1) is 0 Å². The van der Waals surface area contributed by atoms with E-state index in [1.54, 1.807) is 0 Å². The summed E-state index contributed by atoms with van der Waals surface area (Å²) in [4.78, 5) is 0. The van der Waals surface area contributed by atoms with E-state index in [2.05, 4.69) is 27.8 Å². The molecule has 2 radical (unpaired) electrons. The molecule has 0 saturated heterocycles. The predicted molar refractivity (Wildman–Crippen MR) is 46.1 cm³/mol. The van der Waals surface area contributed by atoms with Gasteiger partial charge in [0.05, 0.1) is 0 Å². The Labute approximate surface area is 68.9 Å². The third-order valence-electron chi connectivity index (χ3n) is 1.05. The lowest BCUT2D eigenvalue weighted by molar-refractivity contribution is 1.18.